The van der Waals surface area contributed by atoms with Crippen molar-refractivity contribution in [3.63, 3.8) is 0 Å². The van der Waals surface area contributed by atoms with E-state index in [-0.39, 0.29) is 22.3 Å². The number of aliphatic hydroxyl groups is 2. The summed E-state index contributed by atoms with van der Waals surface area (Å²) < 4.78 is 0. The Morgan fingerprint density at radius 1 is 1.03 bits per heavy atom. The Kier molecular flexibility index (Phi) is 5.25. The minimum Gasteiger partial charge on any atom is -0.393 e. The van der Waals surface area contributed by atoms with E-state index in [9.17, 15) is 10.2 Å². The lowest BCUT2D eigenvalue weighted by molar-refractivity contribution is -0.108. The van der Waals surface area contributed by atoms with Crippen molar-refractivity contribution in [1.29, 1.82) is 0 Å². The van der Waals surface area contributed by atoms with E-state index in [1.807, 2.05) is 0 Å². The summed E-state index contributed by atoms with van der Waals surface area (Å²) in [5.41, 5.74) is 2.50. The molecule has 0 aliphatic heterocycles. The molecule has 9 atom stereocenters. The normalized spacial score (nSPS) is 50.4. The molecule has 0 bridgehead atoms. The van der Waals surface area contributed by atoms with Gasteiger partial charge in [-0.15, -0.1) is 0 Å². The smallest absolute Gasteiger partial charge is 0.0653 e. The molecule has 0 aromatic rings. The van der Waals surface area contributed by atoms with Crippen molar-refractivity contribution in [2.24, 2.45) is 50.7 Å². The summed E-state index contributed by atoms with van der Waals surface area (Å²) >= 11 is 0. The fourth-order valence-electron chi connectivity index (χ4n) is 10.5. The summed E-state index contributed by atoms with van der Waals surface area (Å²) in [7, 11) is 0. The lowest BCUT2D eigenvalue weighted by atomic mass is 9.45. The second kappa shape index (κ2) is 7.12. The Labute approximate surface area is 204 Å². The highest BCUT2D eigenvalue weighted by molar-refractivity contribution is 5.45. The molecule has 2 spiro atoms. The van der Waals surface area contributed by atoms with E-state index in [0.717, 1.165) is 25.7 Å². The van der Waals surface area contributed by atoms with Gasteiger partial charge in [-0.25, -0.2) is 0 Å². The lowest BCUT2D eigenvalue weighted by Crippen LogP contribution is -2.55. The molecule has 2 N–H and O–H groups in total. The maximum Gasteiger partial charge on any atom is 0.0653 e. The van der Waals surface area contributed by atoms with E-state index in [1.165, 1.54) is 38.5 Å². The predicted octanol–water partition coefficient (Wildman–Crippen LogP) is 7.53. The van der Waals surface area contributed by atoms with Gasteiger partial charge < -0.3 is 10.2 Å². The Hall–Kier alpha value is -0.340. The van der Waals surface area contributed by atoms with E-state index in [1.54, 1.807) is 5.57 Å². The Bertz CT molecular complexity index is 838. The van der Waals surface area contributed by atoms with Crippen LogP contribution in [0.3, 0.4) is 0 Å². The van der Waals surface area contributed by atoms with E-state index < -0.39 is 5.60 Å². The molecule has 5 rings (SSSR count). The van der Waals surface area contributed by atoms with Crippen LogP contribution in [0.5, 0.6) is 0 Å². The molecule has 5 aliphatic carbocycles. The number of fused-ring (bicyclic) bond motifs is 2. The molecular formula is C31H52O2. The van der Waals surface area contributed by atoms with E-state index in [4.69, 9.17) is 0 Å². The number of aliphatic hydroxyl groups excluding tert-OH is 1. The molecule has 188 valence electrons. The molecule has 4 saturated carbocycles. The molecule has 4 fully saturated rings. The molecule has 5 aliphatic rings. The molecule has 0 aromatic heterocycles. The molecule has 33 heavy (non-hydrogen) atoms. The fourth-order valence-corrected chi connectivity index (χ4v) is 10.5. The number of hydrogen-bond acceptors (Lipinski definition) is 2. The van der Waals surface area contributed by atoms with Crippen LogP contribution in [0.4, 0.5) is 0 Å². The fraction of sp³-hybridized carbons (Fsp3) is 0.935. The average molecular weight is 457 g/mol. The van der Waals surface area contributed by atoms with E-state index >= 15 is 0 Å². The number of hydrogen-bond donors (Lipinski definition) is 2. The van der Waals surface area contributed by atoms with Crippen molar-refractivity contribution < 1.29 is 10.2 Å². The standard InChI is InChI=1S/C31H52O2/c1-20(2)21(3)11-15-29(8,33)23-12-14-27(6)24-10-9-22-26(4,5)25(32)13-16-30(22)19-31(24,30)18-17-28(23,27)7/h10,20-23,25,32-33H,9,11-19H2,1-8H3/t21?,22-,23-,25-,27-,28+,29-,30+,31-/m0/s1. The SMILES string of the molecule is CC(C)C(C)CC[C@](C)(O)[C@H]1CC[C@@]2(C)C3=CC[C@H]4C(C)(C)[C@@H](O)CC[C@@]45C[C@@]35CC[C@]12C. The van der Waals surface area contributed by atoms with Gasteiger partial charge in [0, 0.05) is 0 Å². The van der Waals surface area contributed by atoms with Crippen LogP contribution in [0.2, 0.25) is 0 Å². The van der Waals surface area contributed by atoms with Gasteiger partial charge in [-0.2, -0.15) is 0 Å². The monoisotopic (exact) mass is 456 g/mol. The van der Waals surface area contributed by atoms with Crippen LogP contribution >= 0.6 is 0 Å². The van der Waals surface area contributed by atoms with Gasteiger partial charge in [0.05, 0.1) is 11.7 Å². The second-order valence-corrected chi connectivity index (χ2v) is 15.2. The highest BCUT2D eigenvalue weighted by Crippen LogP contribution is 2.88. The van der Waals surface area contributed by atoms with E-state index in [2.05, 4.69) is 61.5 Å². The van der Waals surface area contributed by atoms with Crippen molar-refractivity contribution in [1.82, 2.24) is 0 Å². The molecule has 2 heteroatoms. The van der Waals surface area contributed by atoms with Gasteiger partial charge in [-0.05, 0) is 122 Å². The summed E-state index contributed by atoms with van der Waals surface area (Å²) in [6.07, 6.45) is 14.3. The number of rotatable bonds is 5. The minimum absolute atomic E-state index is 0.0282. The zero-order valence-corrected chi connectivity index (χ0v) is 22.9. The van der Waals surface area contributed by atoms with Crippen LogP contribution in [-0.4, -0.2) is 21.9 Å². The van der Waals surface area contributed by atoms with Crippen LogP contribution in [-0.2, 0) is 0 Å². The third-order valence-electron chi connectivity index (χ3n) is 13.4. The molecule has 0 amide bonds. The quantitative estimate of drug-likeness (QED) is 0.420. The van der Waals surface area contributed by atoms with Gasteiger partial charge in [0.1, 0.15) is 0 Å². The predicted molar refractivity (Wildman–Crippen MR) is 137 cm³/mol. The highest BCUT2D eigenvalue weighted by atomic mass is 16.3. The van der Waals surface area contributed by atoms with Crippen molar-refractivity contribution in [3.8, 4) is 0 Å². The Morgan fingerprint density at radius 2 is 1.73 bits per heavy atom. The van der Waals surface area contributed by atoms with Crippen LogP contribution in [0.1, 0.15) is 120 Å². The maximum atomic E-state index is 11.9. The van der Waals surface area contributed by atoms with Crippen LogP contribution < -0.4 is 0 Å². The minimum atomic E-state index is -0.573. The van der Waals surface area contributed by atoms with Crippen molar-refractivity contribution >= 4 is 0 Å². The first-order valence-corrected chi connectivity index (χ1v) is 14.3. The summed E-state index contributed by atoms with van der Waals surface area (Å²) in [6, 6.07) is 0. The Balaban J connectivity index is 1.45. The van der Waals surface area contributed by atoms with Crippen LogP contribution in [0, 0.1) is 50.7 Å². The number of allylic oxidation sites excluding steroid dienone is 2. The van der Waals surface area contributed by atoms with Gasteiger partial charge in [0.2, 0.25) is 0 Å². The molecule has 0 saturated heterocycles. The summed E-state index contributed by atoms with van der Waals surface area (Å²) in [5.74, 6) is 2.37. The first-order valence-electron chi connectivity index (χ1n) is 14.3. The topological polar surface area (TPSA) is 40.5 Å². The molecular weight excluding hydrogens is 404 g/mol. The van der Waals surface area contributed by atoms with Gasteiger partial charge in [-0.1, -0.05) is 60.1 Å². The largest absolute Gasteiger partial charge is 0.393 e. The average Bonchev–Trinajstić information content (AvgIpc) is 3.31. The summed E-state index contributed by atoms with van der Waals surface area (Å²) in [5, 5.41) is 22.7. The Morgan fingerprint density at radius 3 is 2.39 bits per heavy atom. The van der Waals surface area contributed by atoms with Crippen molar-refractivity contribution in [2.75, 3.05) is 0 Å². The van der Waals surface area contributed by atoms with Gasteiger partial charge in [0.15, 0.2) is 0 Å². The van der Waals surface area contributed by atoms with E-state index in [0.29, 0.717) is 34.5 Å². The van der Waals surface area contributed by atoms with Crippen molar-refractivity contribution in [3.05, 3.63) is 11.6 Å². The van der Waals surface area contributed by atoms with Crippen LogP contribution in [0.25, 0.3) is 0 Å². The third kappa shape index (κ3) is 2.92. The van der Waals surface area contributed by atoms with Gasteiger partial charge in [-0.3, -0.25) is 0 Å². The maximum absolute atomic E-state index is 11.9. The molecule has 0 heterocycles. The first-order chi connectivity index (χ1) is 15.2. The second-order valence-electron chi connectivity index (χ2n) is 15.2. The molecule has 1 unspecified atom stereocenters. The zero-order chi connectivity index (χ0) is 24.2. The third-order valence-corrected chi connectivity index (χ3v) is 13.4. The zero-order valence-electron chi connectivity index (χ0n) is 22.9. The first kappa shape index (κ1) is 24.4. The molecule has 2 nitrogen and oxygen atoms in total. The molecule has 0 aromatic carbocycles. The van der Waals surface area contributed by atoms with Crippen LogP contribution in [0.15, 0.2) is 11.6 Å². The summed E-state index contributed by atoms with van der Waals surface area (Å²) in [4.78, 5) is 0. The molecule has 0 radical (unpaired) electrons. The van der Waals surface area contributed by atoms with Gasteiger partial charge in [0.25, 0.3) is 0 Å². The lowest BCUT2D eigenvalue weighted by Gasteiger charge is -2.60. The highest BCUT2D eigenvalue weighted by Gasteiger charge is 2.80. The summed E-state index contributed by atoms with van der Waals surface area (Å²) in [6.45, 7) is 19.0. The van der Waals surface area contributed by atoms with Crippen molar-refractivity contribution in [2.45, 2.75) is 131 Å². The van der Waals surface area contributed by atoms with Gasteiger partial charge >= 0.3 is 0 Å².